The molecule has 1 aromatic carbocycles. The molecule has 2 N–H and O–H groups in total. The molecule has 0 aliphatic rings. The van der Waals surface area contributed by atoms with Crippen LogP contribution in [0.25, 0.3) is 11.1 Å². The van der Waals surface area contributed by atoms with Crippen molar-refractivity contribution in [3.05, 3.63) is 27.6 Å². The van der Waals surface area contributed by atoms with Crippen molar-refractivity contribution in [1.29, 1.82) is 0 Å². The molecule has 0 saturated carbocycles. The van der Waals surface area contributed by atoms with Gasteiger partial charge < -0.3 is 14.5 Å². The van der Waals surface area contributed by atoms with Gasteiger partial charge in [-0.25, -0.2) is 0 Å². The summed E-state index contributed by atoms with van der Waals surface area (Å²) in [5.74, 6) is 0. The number of H-pyrrole nitrogens is 1. The van der Waals surface area contributed by atoms with E-state index in [0.29, 0.717) is 21.7 Å². The molecule has 1 aromatic heterocycles. The summed E-state index contributed by atoms with van der Waals surface area (Å²) in [6.07, 6.45) is 0. The first-order chi connectivity index (χ1) is 6.20. The molecule has 0 bridgehead atoms. The Morgan fingerprint density at radius 2 is 2.31 bits per heavy atom. The van der Waals surface area contributed by atoms with Crippen molar-refractivity contribution in [2.75, 3.05) is 0 Å². The molecule has 0 fully saturated rings. The van der Waals surface area contributed by atoms with Crippen LogP contribution >= 0.6 is 23.8 Å². The van der Waals surface area contributed by atoms with E-state index in [9.17, 15) is 0 Å². The molecule has 1 heterocycles. The van der Waals surface area contributed by atoms with E-state index in [2.05, 4.69) is 4.98 Å². The maximum atomic E-state index is 9.00. The fraction of sp³-hybridized carbons (Fsp3) is 0.125. The Hall–Kier alpha value is -0.840. The smallest absolute Gasteiger partial charge is 0.266 e. The van der Waals surface area contributed by atoms with Crippen LogP contribution in [0, 0.1) is 4.84 Å². The van der Waals surface area contributed by atoms with Gasteiger partial charge in [0.25, 0.3) is 4.84 Å². The zero-order valence-corrected chi connectivity index (χ0v) is 8.08. The predicted octanol–water partition coefficient (Wildman–Crippen LogP) is 2.64. The van der Waals surface area contributed by atoms with E-state index in [1.165, 1.54) is 0 Å². The van der Waals surface area contributed by atoms with E-state index in [4.69, 9.17) is 33.3 Å². The Morgan fingerprint density at radius 3 is 3.00 bits per heavy atom. The van der Waals surface area contributed by atoms with Gasteiger partial charge in [0.15, 0.2) is 5.58 Å². The molecule has 0 amide bonds. The highest BCUT2D eigenvalue weighted by atomic mass is 35.5. The van der Waals surface area contributed by atoms with Gasteiger partial charge in [-0.1, -0.05) is 11.6 Å². The molecule has 0 unspecified atom stereocenters. The molecule has 0 saturated heterocycles. The van der Waals surface area contributed by atoms with Gasteiger partial charge in [-0.05, 0) is 24.4 Å². The zero-order valence-electron chi connectivity index (χ0n) is 6.50. The monoisotopic (exact) mass is 215 g/mol. The normalized spacial score (nSPS) is 10.9. The van der Waals surface area contributed by atoms with Gasteiger partial charge in [0.2, 0.25) is 0 Å². The summed E-state index contributed by atoms with van der Waals surface area (Å²) in [6.45, 7) is -0.118. The molecule has 0 aliphatic carbocycles. The standard InChI is InChI=1S/C8H6ClNO2S/c9-5-1-4(3-11)7-6(2-5)10-8(13)12-7/h1-2,11H,3H2,(H,10,13). The van der Waals surface area contributed by atoms with E-state index in [0.717, 1.165) is 0 Å². The second-order valence-corrected chi connectivity index (χ2v) is 3.42. The van der Waals surface area contributed by atoms with Crippen LogP contribution in [-0.2, 0) is 6.61 Å². The highest BCUT2D eigenvalue weighted by Crippen LogP contribution is 2.23. The third kappa shape index (κ3) is 1.48. The number of fused-ring (bicyclic) bond motifs is 1. The van der Waals surface area contributed by atoms with Crippen LogP contribution in [0.3, 0.4) is 0 Å². The van der Waals surface area contributed by atoms with Crippen molar-refractivity contribution in [3.63, 3.8) is 0 Å². The van der Waals surface area contributed by atoms with Gasteiger partial charge in [-0.2, -0.15) is 0 Å². The van der Waals surface area contributed by atoms with Crippen molar-refractivity contribution in [2.24, 2.45) is 0 Å². The van der Waals surface area contributed by atoms with Gasteiger partial charge in [0, 0.05) is 10.6 Å². The van der Waals surface area contributed by atoms with Gasteiger partial charge in [0.05, 0.1) is 12.1 Å². The second-order valence-electron chi connectivity index (χ2n) is 2.61. The number of rotatable bonds is 1. The minimum Gasteiger partial charge on any atom is -0.429 e. The number of aromatic nitrogens is 1. The number of halogens is 1. The first-order valence-corrected chi connectivity index (χ1v) is 4.41. The van der Waals surface area contributed by atoms with Crippen LogP contribution < -0.4 is 0 Å². The molecule has 3 nitrogen and oxygen atoms in total. The Balaban J connectivity index is 2.88. The molecule has 0 spiro atoms. The Kier molecular flexibility index (Phi) is 2.11. The van der Waals surface area contributed by atoms with Crippen LogP contribution in [0.4, 0.5) is 0 Å². The lowest BCUT2D eigenvalue weighted by Crippen LogP contribution is -1.83. The lowest BCUT2D eigenvalue weighted by Gasteiger charge is -1.97. The van der Waals surface area contributed by atoms with E-state index in [-0.39, 0.29) is 11.4 Å². The van der Waals surface area contributed by atoms with Crippen molar-refractivity contribution in [3.8, 4) is 0 Å². The number of benzene rings is 1. The molecule has 0 radical (unpaired) electrons. The van der Waals surface area contributed by atoms with Gasteiger partial charge >= 0.3 is 0 Å². The van der Waals surface area contributed by atoms with Crippen molar-refractivity contribution < 1.29 is 9.52 Å². The molecule has 2 rings (SSSR count). The summed E-state index contributed by atoms with van der Waals surface area (Å²) in [7, 11) is 0. The van der Waals surface area contributed by atoms with Crippen molar-refractivity contribution in [2.45, 2.75) is 6.61 Å². The summed E-state index contributed by atoms with van der Waals surface area (Å²) in [5, 5.41) is 9.55. The second kappa shape index (κ2) is 3.14. The largest absolute Gasteiger partial charge is 0.429 e. The SMILES string of the molecule is OCc1cc(Cl)cc2[nH]c(=S)oc12. The van der Waals surface area contributed by atoms with Crippen LogP contribution in [0.5, 0.6) is 0 Å². The summed E-state index contributed by atoms with van der Waals surface area (Å²) in [5.41, 5.74) is 1.91. The number of aliphatic hydroxyl groups is 1. The highest BCUT2D eigenvalue weighted by molar-refractivity contribution is 7.71. The molecule has 68 valence electrons. The number of aliphatic hydroxyl groups excluding tert-OH is 1. The van der Waals surface area contributed by atoms with Crippen LogP contribution in [0.15, 0.2) is 16.5 Å². The average molecular weight is 216 g/mol. The summed E-state index contributed by atoms with van der Waals surface area (Å²) in [4.78, 5) is 3.11. The van der Waals surface area contributed by atoms with Crippen LogP contribution in [-0.4, -0.2) is 10.1 Å². The van der Waals surface area contributed by atoms with Crippen molar-refractivity contribution in [1.82, 2.24) is 4.98 Å². The first-order valence-electron chi connectivity index (χ1n) is 3.63. The van der Waals surface area contributed by atoms with E-state index in [1.54, 1.807) is 12.1 Å². The Morgan fingerprint density at radius 1 is 1.54 bits per heavy atom. The maximum absolute atomic E-state index is 9.00. The van der Waals surface area contributed by atoms with Gasteiger partial charge in [-0.15, -0.1) is 0 Å². The minimum absolute atomic E-state index is 0.118. The zero-order chi connectivity index (χ0) is 9.42. The molecular formula is C8H6ClNO2S. The molecular weight excluding hydrogens is 210 g/mol. The van der Waals surface area contributed by atoms with E-state index >= 15 is 0 Å². The number of oxazole rings is 1. The number of nitrogens with one attached hydrogen (secondary N) is 1. The Labute approximate surface area is 83.9 Å². The quantitative estimate of drug-likeness (QED) is 0.719. The van der Waals surface area contributed by atoms with E-state index < -0.39 is 0 Å². The maximum Gasteiger partial charge on any atom is 0.266 e. The lowest BCUT2D eigenvalue weighted by atomic mass is 10.2. The summed E-state index contributed by atoms with van der Waals surface area (Å²) >= 11 is 10.6. The predicted molar refractivity (Wildman–Crippen MR) is 52.3 cm³/mol. The fourth-order valence-corrected chi connectivity index (χ4v) is 1.64. The highest BCUT2D eigenvalue weighted by Gasteiger charge is 2.06. The average Bonchev–Trinajstić information content (AvgIpc) is 2.43. The summed E-state index contributed by atoms with van der Waals surface area (Å²) in [6, 6.07) is 3.35. The van der Waals surface area contributed by atoms with Crippen LogP contribution in [0.2, 0.25) is 5.02 Å². The van der Waals surface area contributed by atoms with Crippen LogP contribution in [0.1, 0.15) is 5.56 Å². The molecule has 13 heavy (non-hydrogen) atoms. The topological polar surface area (TPSA) is 49.2 Å². The molecule has 5 heteroatoms. The first kappa shape index (κ1) is 8.74. The number of hydrogen-bond acceptors (Lipinski definition) is 3. The summed E-state index contributed by atoms with van der Waals surface area (Å²) < 4.78 is 5.19. The fourth-order valence-electron chi connectivity index (χ4n) is 1.21. The van der Waals surface area contributed by atoms with E-state index in [1.807, 2.05) is 0 Å². The molecule has 0 atom stereocenters. The Bertz CT molecular complexity index is 502. The molecule has 2 aromatic rings. The van der Waals surface area contributed by atoms with Gasteiger partial charge in [-0.3, -0.25) is 0 Å². The van der Waals surface area contributed by atoms with Gasteiger partial charge in [0.1, 0.15) is 0 Å². The van der Waals surface area contributed by atoms with Crippen molar-refractivity contribution >= 4 is 34.9 Å². The third-order valence-electron chi connectivity index (χ3n) is 1.73. The lowest BCUT2D eigenvalue weighted by molar-refractivity contribution is 0.281. The molecule has 0 aliphatic heterocycles. The third-order valence-corrected chi connectivity index (χ3v) is 2.14. The number of aromatic amines is 1. The number of hydrogen-bond donors (Lipinski definition) is 2. The minimum atomic E-state index is -0.118.